The van der Waals surface area contributed by atoms with Crippen molar-refractivity contribution in [1.29, 1.82) is 0 Å². The van der Waals surface area contributed by atoms with Crippen molar-refractivity contribution in [2.75, 3.05) is 29.9 Å². The fraction of sp³-hybridized carbons (Fsp3) is 0.261. The summed E-state index contributed by atoms with van der Waals surface area (Å²) in [5.74, 6) is -1.49. The van der Waals surface area contributed by atoms with Crippen LogP contribution in [-0.4, -0.2) is 42.4 Å². The van der Waals surface area contributed by atoms with Crippen molar-refractivity contribution in [2.45, 2.75) is 19.8 Å². The van der Waals surface area contributed by atoms with Crippen LogP contribution < -0.4 is 15.5 Å². The van der Waals surface area contributed by atoms with Crippen molar-refractivity contribution in [1.82, 2.24) is 10.2 Å². The van der Waals surface area contributed by atoms with Gasteiger partial charge >= 0.3 is 6.03 Å². The number of amides is 4. The van der Waals surface area contributed by atoms with E-state index in [-0.39, 0.29) is 11.5 Å². The summed E-state index contributed by atoms with van der Waals surface area (Å²) in [5.41, 5.74) is 2.55. The second-order valence-electron chi connectivity index (χ2n) is 7.70. The van der Waals surface area contributed by atoms with E-state index in [0.717, 1.165) is 36.4 Å². The van der Waals surface area contributed by atoms with Gasteiger partial charge in [-0.2, -0.15) is 0 Å². The zero-order valence-corrected chi connectivity index (χ0v) is 17.2. The Morgan fingerprint density at radius 3 is 2.65 bits per heavy atom. The SMILES string of the molecule is Cc1cccc(NC(=O)CN2C(=O)NC(=Cc3ccc(N4CCCC4)c(F)c3)C2=O)c1. The van der Waals surface area contributed by atoms with Gasteiger partial charge in [-0.1, -0.05) is 18.2 Å². The zero-order valence-electron chi connectivity index (χ0n) is 17.2. The third-order valence-electron chi connectivity index (χ3n) is 5.30. The third-order valence-corrected chi connectivity index (χ3v) is 5.30. The molecule has 2 aromatic carbocycles. The van der Waals surface area contributed by atoms with Crippen LogP contribution in [-0.2, 0) is 9.59 Å². The highest BCUT2D eigenvalue weighted by Gasteiger charge is 2.35. The fourth-order valence-electron chi connectivity index (χ4n) is 3.78. The van der Waals surface area contributed by atoms with Crippen LogP contribution in [0.3, 0.4) is 0 Å². The van der Waals surface area contributed by atoms with Crippen LogP contribution in [0.2, 0.25) is 0 Å². The minimum absolute atomic E-state index is 0.00155. The van der Waals surface area contributed by atoms with Gasteiger partial charge in [0.1, 0.15) is 18.1 Å². The van der Waals surface area contributed by atoms with E-state index in [1.807, 2.05) is 17.9 Å². The van der Waals surface area contributed by atoms with Crippen molar-refractivity contribution in [3.63, 3.8) is 0 Å². The van der Waals surface area contributed by atoms with Crippen LogP contribution in [0, 0.1) is 12.7 Å². The van der Waals surface area contributed by atoms with Gasteiger partial charge in [-0.3, -0.25) is 9.59 Å². The smallest absolute Gasteiger partial charge is 0.329 e. The molecule has 0 unspecified atom stereocenters. The summed E-state index contributed by atoms with van der Waals surface area (Å²) >= 11 is 0. The van der Waals surface area contributed by atoms with Crippen LogP contribution in [0.1, 0.15) is 24.0 Å². The van der Waals surface area contributed by atoms with E-state index in [1.165, 1.54) is 12.1 Å². The predicted molar refractivity (Wildman–Crippen MR) is 116 cm³/mol. The summed E-state index contributed by atoms with van der Waals surface area (Å²) < 4.78 is 14.5. The predicted octanol–water partition coefficient (Wildman–Crippen LogP) is 3.27. The molecule has 0 radical (unpaired) electrons. The van der Waals surface area contributed by atoms with E-state index in [0.29, 0.717) is 16.9 Å². The van der Waals surface area contributed by atoms with Gasteiger partial charge in [0, 0.05) is 18.8 Å². The first-order valence-electron chi connectivity index (χ1n) is 10.2. The van der Waals surface area contributed by atoms with Crippen molar-refractivity contribution in [3.05, 3.63) is 65.1 Å². The number of carbonyl (C=O) groups excluding carboxylic acids is 3. The summed E-state index contributed by atoms with van der Waals surface area (Å²) in [6.07, 6.45) is 3.49. The summed E-state index contributed by atoms with van der Waals surface area (Å²) in [6.45, 7) is 3.12. The van der Waals surface area contributed by atoms with E-state index in [2.05, 4.69) is 10.6 Å². The Balaban J connectivity index is 1.44. The molecule has 0 bridgehead atoms. The van der Waals surface area contributed by atoms with Crippen molar-refractivity contribution in [3.8, 4) is 0 Å². The number of aryl methyl sites for hydroxylation is 1. The average Bonchev–Trinajstić information content (AvgIpc) is 3.33. The first kappa shape index (κ1) is 20.6. The van der Waals surface area contributed by atoms with E-state index in [4.69, 9.17) is 0 Å². The Labute approximate surface area is 179 Å². The van der Waals surface area contributed by atoms with Gasteiger partial charge in [-0.05, 0) is 61.2 Å². The molecule has 4 amide bonds. The zero-order chi connectivity index (χ0) is 22.0. The average molecular weight is 422 g/mol. The molecule has 2 aromatic rings. The number of halogens is 1. The molecule has 2 aliphatic heterocycles. The minimum atomic E-state index is -0.690. The van der Waals surface area contributed by atoms with Gasteiger partial charge in [0.25, 0.3) is 5.91 Å². The number of hydrogen-bond acceptors (Lipinski definition) is 4. The lowest BCUT2D eigenvalue weighted by atomic mass is 10.1. The second-order valence-corrected chi connectivity index (χ2v) is 7.70. The van der Waals surface area contributed by atoms with Crippen LogP contribution in [0.25, 0.3) is 6.08 Å². The van der Waals surface area contributed by atoms with Crippen LogP contribution in [0.5, 0.6) is 0 Å². The normalized spacial score (nSPS) is 17.4. The Hall–Kier alpha value is -3.68. The Kier molecular flexibility index (Phi) is 5.70. The van der Waals surface area contributed by atoms with Gasteiger partial charge in [-0.15, -0.1) is 0 Å². The van der Waals surface area contributed by atoms with Gasteiger partial charge in [0.15, 0.2) is 0 Å². The molecule has 4 rings (SSSR count). The van der Waals surface area contributed by atoms with Crippen LogP contribution in [0.4, 0.5) is 20.6 Å². The number of hydrogen-bond donors (Lipinski definition) is 2. The topological polar surface area (TPSA) is 81.8 Å². The molecule has 2 saturated heterocycles. The summed E-state index contributed by atoms with van der Waals surface area (Å²) in [5, 5.41) is 5.12. The van der Waals surface area contributed by atoms with E-state index in [9.17, 15) is 18.8 Å². The summed E-state index contributed by atoms with van der Waals surface area (Å²) in [7, 11) is 0. The number of carbonyl (C=O) groups is 3. The molecule has 0 aromatic heterocycles. The minimum Gasteiger partial charge on any atom is -0.369 e. The molecule has 0 saturated carbocycles. The van der Waals surface area contributed by atoms with Crippen molar-refractivity contribution < 1.29 is 18.8 Å². The molecular weight excluding hydrogens is 399 g/mol. The number of anilines is 2. The Morgan fingerprint density at radius 2 is 1.94 bits per heavy atom. The molecule has 7 nitrogen and oxygen atoms in total. The van der Waals surface area contributed by atoms with E-state index >= 15 is 0 Å². The molecule has 160 valence electrons. The standard InChI is InChI=1S/C23H23FN4O3/c1-15-5-4-6-17(11-15)25-21(29)14-28-22(30)19(26-23(28)31)13-16-7-8-20(18(24)12-16)27-9-2-3-10-27/h4-8,11-13H,2-3,9-10,14H2,1H3,(H,25,29)(H,26,31). The molecule has 0 atom stereocenters. The molecule has 2 heterocycles. The van der Waals surface area contributed by atoms with Gasteiger partial charge in [0.05, 0.1) is 5.69 Å². The molecule has 2 N–H and O–H groups in total. The Bertz CT molecular complexity index is 1080. The largest absolute Gasteiger partial charge is 0.369 e. The van der Waals surface area contributed by atoms with Crippen molar-refractivity contribution >= 4 is 35.3 Å². The lowest BCUT2D eigenvalue weighted by molar-refractivity contribution is -0.127. The van der Waals surface area contributed by atoms with Gasteiger partial charge in [0.2, 0.25) is 5.91 Å². The summed E-state index contributed by atoms with van der Waals surface area (Å²) in [4.78, 5) is 39.9. The monoisotopic (exact) mass is 422 g/mol. The number of nitrogens with one attached hydrogen (secondary N) is 2. The molecule has 31 heavy (non-hydrogen) atoms. The second kappa shape index (κ2) is 8.59. The summed E-state index contributed by atoms with van der Waals surface area (Å²) in [6, 6.07) is 11.2. The maximum atomic E-state index is 14.5. The lowest BCUT2D eigenvalue weighted by Gasteiger charge is -2.18. The molecule has 2 aliphatic rings. The van der Waals surface area contributed by atoms with E-state index < -0.39 is 24.4 Å². The van der Waals surface area contributed by atoms with Gasteiger partial charge in [-0.25, -0.2) is 14.1 Å². The van der Waals surface area contributed by atoms with Crippen molar-refractivity contribution in [2.24, 2.45) is 0 Å². The first-order chi connectivity index (χ1) is 14.9. The third kappa shape index (κ3) is 4.58. The molecule has 0 aliphatic carbocycles. The maximum Gasteiger partial charge on any atom is 0.329 e. The number of nitrogens with zero attached hydrogens (tertiary/aromatic N) is 2. The quantitative estimate of drug-likeness (QED) is 0.573. The highest BCUT2D eigenvalue weighted by molar-refractivity contribution is 6.15. The van der Waals surface area contributed by atoms with Gasteiger partial charge < -0.3 is 15.5 Å². The fourth-order valence-corrected chi connectivity index (χ4v) is 3.78. The molecular formula is C23H23FN4O3. The number of urea groups is 1. The highest BCUT2D eigenvalue weighted by atomic mass is 19.1. The van der Waals surface area contributed by atoms with E-state index in [1.54, 1.807) is 30.3 Å². The number of imide groups is 1. The molecule has 0 spiro atoms. The number of rotatable bonds is 5. The molecule has 8 heteroatoms. The first-order valence-corrected chi connectivity index (χ1v) is 10.2. The Morgan fingerprint density at radius 1 is 1.16 bits per heavy atom. The highest BCUT2D eigenvalue weighted by Crippen LogP contribution is 2.25. The molecule has 2 fully saturated rings. The maximum absolute atomic E-state index is 14.5. The van der Waals surface area contributed by atoms with Crippen LogP contribution >= 0.6 is 0 Å². The lowest BCUT2D eigenvalue weighted by Crippen LogP contribution is -2.38. The van der Waals surface area contributed by atoms with Crippen LogP contribution in [0.15, 0.2) is 48.2 Å². The number of benzene rings is 2.